The Balaban J connectivity index is 1.74. The molecule has 0 aromatic heterocycles. The molecule has 0 aliphatic heterocycles. The van der Waals surface area contributed by atoms with E-state index in [1.807, 2.05) is 49.4 Å². The molecule has 0 aliphatic carbocycles. The maximum absolute atomic E-state index is 12.5. The Morgan fingerprint density at radius 1 is 1.07 bits per heavy atom. The number of amides is 1. The van der Waals surface area contributed by atoms with Gasteiger partial charge in [-0.25, -0.2) is 0 Å². The number of carbonyl (C=O) groups is 1. The van der Waals surface area contributed by atoms with Crippen LogP contribution in [0.25, 0.3) is 10.8 Å². The first-order valence-electron chi connectivity index (χ1n) is 8.36. The number of carbonyl (C=O) groups excluding carboxylic acids is 1. The molecule has 0 unspecified atom stereocenters. The minimum Gasteiger partial charge on any atom is -0.493 e. The second-order valence-electron chi connectivity index (χ2n) is 5.95. The fraction of sp³-hybridized carbons (Fsp3) is 0.190. The molecule has 0 atom stereocenters. The van der Waals surface area contributed by atoms with E-state index in [2.05, 4.69) is 5.32 Å². The van der Waals surface area contributed by atoms with Gasteiger partial charge in [-0.05, 0) is 36.1 Å². The fourth-order valence-corrected chi connectivity index (χ4v) is 4.07. The lowest BCUT2D eigenvalue weighted by Crippen LogP contribution is -2.15. The molecule has 3 rings (SSSR count). The molecule has 0 heterocycles. The molecule has 0 spiro atoms. The molecule has 3 aromatic carbocycles. The minimum atomic E-state index is -0.0978. The van der Waals surface area contributed by atoms with Crippen LogP contribution in [0.1, 0.15) is 5.56 Å². The summed E-state index contributed by atoms with van der Waals surface area (Å²) in [5, 5.41) is 5.66. The van der Waals surface area contributed by atoms with Gasteiger partial charge in [-0.2, -0.15) is 0 Å². The van der Waals surface area contributed by atoms with Crippen molar-refractivity contribution in [1.82, 2.24) is 0 Å². The van der Waals surface area contributed by atoms with Gasteiger partial charge in [0.05, 0.1) is 20.0 Å². The number of hydrogen-bond donors (Lipinski definition) is 1. The van der Waals surface area contributed by atoms with Gasteiger partial charge in [-0.1, -0.05) is 35.9 Å². The third kappa shape index (κ3) is 4.31. The highest BCUT2D eigenvalue weighted by atomic mass is 35.5. The number of hydrogen-bond acceptors (Lipinski definition) is 4. The molecule has 0 saturated carbocycles. The van der Waals surface area contributed by atoms with E-state index in [1.165, 1.54) is 11.8 Å². The first kappa shape index (κ1) is 19.4. The van der Waals surface area contributed by atoms with Crippen molar-refractivity contribution in [3.05, 3.63) is 59.1 Å². The predicted octanol–water partition coefficient (Wildman–Crippen LogP) is 5.55. The number of aryl methyl sites for hydroxylation is 1. The summed E-state index contributed by atoms with van der Waals surface area (Å²) in [7, 11) is 3.15. The quantitative estimate of drug-likeness (QED) is 0.550. The number of benzene rings is 3. The molecule has 1 N–H and O–H groups in total. The summed E-state index contributed by atoms with van der Waals surface area (Å²) in [5.74, 6) is 1.39. The smallest absolute Gasteiger partial charge is 0.234 e. The van der Waals surface area contributed by atoms with Gasteiger partial charge < -0.3 is 14.8 Å². The molecule has 1 amide bonds. The van der Waals surface area contributed by atoms with Gasteiger partial charge in [0.25, 0.3) is 0 Å². The Labute approximate surface area is 167 Å². The van der Waals surface area contributed by atoms with E-state index in [4.69, 9.17) is 21.1 Å². The van der Waals surface area contributed by atoms with Gasteiger partial charge in [0, 0.05) is 27.1 Å². The SMILES string of the molecule is COc1cc(C)c(NC(=O)CSc2cccc3cccc(Cl)c23)cc1OC. The Bertz CT molecular complexity index is 985. The van der Waals surface area contributed by atoms with Crippen LogP contribution in [0.5, 0.6) is 11.5 Å². The van der Waals surface area contributed by atoms with Crippen LogP contribution in [0.3, 0.4) is 0 Å². The topological polar surface area (TPSA) is 47.6 Å². The molecule has 6 heteroatoms. The molecule has 0 radical (unpaired) electrons. The van der Waals surface area contributed by atoms with E-state index in [1.54, 1.807) is 20.3 Å². The molecule has 0 aliphatic rings. The zero-order valence-corrected chi connectivity index (χ0v) is 16.9. The summed E-state index contributed by atoms with van der Waals surface area (Å²) in [6.07, 6.45) is 0. The van der Waals surface area contributed by atoms with Gasteiger partial charge in [-0.15, -0.1) is 11.8 Å². The van der Waals surface area contributed by atoms with E-state index in [0.717, 1.165) is 21.2 Å². The number of nitrogens with one attached hydrogen (secondary N) is 1. The van der Waals surface area contributed by atoms with Crippen LogP contribution in [0.4, 0.5) is 5.69 Å². The highest BCUT2D eigenvalue weighted by Gasteiger charge is 2.12. The van der Waals surface area contributed by atoms with Gasteiger partial charge in [-0.3, -0.25) is 4.79 Å². The van der Waals surface area contributed by atoms with Crippen LogP contribution in [0.15, 0.2) is 53.4 Å². The molecular weight excluding hydrogens is 382 g/mol. The van der Waals surface area contributed by atoms with Crippen molar-refractivity contribution in [2.75, 3.05) is 25.3 Å². The second kappa shape index (κ2) is 8.55. The van der Waals surface area contributed by atoms with Crippen molar-refractivity contribution in [2.45, 2.75) is 11.8 Å². The largest absolute Gasteiger partial charge is 0.493 e. The van der Waals surface area contributed by atoms with Gasteiger partial charge in [0.2, 0.25) is 5.91 Å². The van der Waals surface area contributed by atoms with Crippen LogP contribution >= 0.6 is 23.4 Å². The van der Waals surface area contributed by atoms with Crippen molar-refractivity contribution < 1.29 is 14.3 Å². The average molecular weight is 402 g/mol. The first-order valence-corrected chi connectivity index (χ1v) is 9.72. The average Bonchev–Trinajstić information content (AvgIpc) is 2.67. The van der Waals surface area contributed by atoms with E-state index in [9.17, 15) is 4.79 Å². The molecular formula is C21H20ClNO3S. The fourth-order valence-electron chi connectivity index (χ4n) is 2.83. The molecule has 0 fully saturated rings. The van der Waals surface area contributed by atoms with Crippen molar-refractivity contribution in [3.63, 3.8) is 0 Å². The summed E-state index contributed by atoms with van der Waals surface area (Å²) >= 11 is 7.81. The third-order valence-electron chi connectivity index (χ3n) is 4.18. The number of fused-ring (bicyclic) bond motifs is 1. The van der Waals surface area contributed by atoms with E-state index in [-0.39, 0.29) is 11.7 Å². The first-order chi connectivity index (χ1) is 13.0. The molecule has 3 aromatic rings. The Kier molecular flexibility index (Phi) is 6.14. The predicted molar refractivity (Wildman–Crippen MR) is 113 cm³/mol. The number of methoxy groups -OCH3 is 2. The van der Waals surface area contributed by atoms with Gasteiger partial charge in [0.1, 0.15) is 0 Å². The third-order valence-corrected chi connectivity index (χ3v) is 5.55. The van der Waals surface area contributed by atoms with Crippen LogP contribution in [0, 0.1) is 6.92 Å². The van der Waals surface area contributed by atoms with Crippen molar-refractivity contribution in [2.24, 2.45) is 0 Å². The van der Waals surface area contributed by atoms with E-state index in [0.29, 0.717) is 22.2 Å². The molecule has 0 saturated heterocycles. The maximum Gasteiger partial charge on any atom is 0.234 e. The van der Waals surface area contributed by atoms with Gasteiger partial charge in [0.15, 0.2) is 11.5 Å². The van der Waals surface area contributed by atoms with Crippen molar-refractivity contribution >= 4 is 45.7 Å². The lowest BCUT2D eigenvalue weighted by molar-refractivity contribution is -0.113. The minimum absolute atomic E-state index is 0.0978. The number of rotatable bonds is 6. The Hall–Kier alpha value is -2.37. The number of thioether (sulfide) groups is 1. The van der Waals surface area contributed by atoms with Crippen LogP contribution in [0.2, 0.25) is 5.02 Å². The summed E-state index contributed by atoms with van der Waals surface area (Å²) in [6, 6.07) is 15.4. The summed E-state index contributed by atoms with van der Waals surface area (Å²) < 4.78 is 10.6. The van der Waals surface area contributed by atoms with E-state index < -0.39 is 0 Å². The lowest BCUT2D eigenvalue weighted by atomic mass is 10.1. The standard InChI is InChI=1S/C21H20ClNO3S/c1-13-10-17(25-2)18(26-3)11-16(13)23-20(24)12-27-19-9-5-7-14-6-4-8-15(22)21(14)19/h4-11H,12H2,1-3H3,(H,23,24). The van der Waals surface area contributed by atoms with Crippen LogP contribution in [-0.4, -0.2) is 25.9 Å². The number of halogens is 1. The second-order valence-corrected chi connectivity index (χ2v) is 7.38. The summed E-state index contributed by atoms with van der Waals surface area (Å²) in [6.45, 7) is 1.91. The molecule has 140 valence electrons. The normalized spacial score (nSPS) is 10.7. The zero-order valence-electron chi connectivity index (χ0n) is 15.3. The summed E-state index contributed by atoms with van der Waals surface area (Å²) in [4.78, 5) is 13.5. The lowest BCUT2D eigenvalue weighted by Gasteiger charge is -2.14. The van der Waals surface area contributed by atoms with Crippen molar-refractivity contribution in [3.8, 4) is 11.5 Å². The Morgan fingerprint density at radius 2 is 1.74 bits per heavy atom. The number of anilines is 1. The maximum atomic E-state index is 12.5. The Morgan fingerprint density at radius 3 is 2.44 bits per heavy atom. The number of ether oxygens (including phenoxy) is 2. The highest BCUT2D eigenvalue weighted by Crippen LogP contribution is 2.35. The van der Waals surface area contributed by atoms with Crippen LogP contribution in [-0.2, 0) is 4.79 Å². The molecule has 0 bridgehead atoms. The zero-order chi connectivity index (χ0) is 19.4. The monoisotopic (exact) mass is 401 g/mol. The molecule has 4 nitrogen and oxygen atoms in total. The molecule has 27 heavy (non-hydrogen) atoms. The van der Waals surface area contributed by atoms with Crippen LogP contribution < -0.4 is 14.8 Å². The highest BCUT2D eigenvalue weighted by molar-refractivity contribution is 8.00. The summed E-state index contributed by atoms with van der Waals surface area (Å²) in [5.41, 5.74) is 1.61. The van der Waals surface area contributed by atoms with E-state index >= 15 is 0 Å². The van der Waals surface area contributed by atoms with Gasteiger partial charge >= 0.3 is 0 Å². The van der Waals surface area contributed by atoms with Crippen molar-refractivity contribution in [1.29, 1.82) is 0 Å².